The van der Waals surface area contributed by atoms with Crippen molar-refractivity contribution in [3.63, 3.8) is 0 Å². The second kappa shape index (κ2) is 5.39. The van der Waals surface area contributed by atoms with Gasteiger partial charge in [-0.05, 0) is 30.6 Å². The monoisotopic (exact) mass is 240 g/mol. The van der Waals surface area contributed by atoms with Gasteiger partial charge in [0.2, 0.25) is 0 Å². The van der Waals surface area contributed by atoms with Gasteiger partial charge in [-0.15, -0.1) is 0 Å². The minimum absolute atomic E-state index is 0.216. The van der Waals surface area contributed by atoms with E-state index in [0.717, 1.165) is 18.6 Å². The summed E-state index contributed by atoms with van der Waals surface area (Å²) in [6, 6.07) is 0. The minimum Gasteiger partial charge on any atom is -0.287 e. The minimum atomic E-state index is 0.216. The molecule has 1 aliphatic carbocycles. The van der Waals surface area contributed by atoms with Gasteiger partial charge in [-0.3, -0.25) is 4.79 Å². The lowest BCUT2D eigenvalue weighted by Crippen LogP contribution is -2.22. The zero-order valence-corrected chi connectivity index (χ0v) is 12.0. The molecule has 1 unspecified atom stereocenters. The molecule has 1 atom stereocenters. The summed E-state index contributed by atoms with van der Waals surface area (Å²) in [5, 5.41) is 0.370. The predicted octanol–water partition coefficient (Wildman–Crippen LogP) is 4.28. The number of rotatable bonds is 4. The lowest BCUT2D eigenvalue weighted by molar-refractivity contribution is -0.112. The van der Waals surface area contributed by atoms with Crippen LogP contribution in [0.2, 0.25) is 0 Å². The molecule has 0 saturated heterocycles. The van der Waals surface area contributed by atoms with Crippen molar-refractivity contribution in [3.05, 3.63) is 11.6 Å². The number of allylic oxidation sites excluding steroid dienone is 2. The molecule has 16 heavy (non-hydrogen) atoms. The van der Waals surface area contributed by atoms with Gasteiger partial charge in [-0.2, -0.15) is 0 Å². The van der Waals surface area contributed by atoms with Crippen molar-refractivity contribution in [3.8, 4) is 0 Å². The van der Waals surface area contributed by atoms with Crippen LogP contribution in [0.1, 0.15) is 47.5 Å². The van der Waals surface area contributed by atoms with Crippen molar-refractivity contribution in [1.29, 1.82) is 0 Å². The average molecular weight is 240 g/mol. The average Bonchev–Trinajstić information content (AvgIpc) is 2.42. The van der Waals surface area contributed by atoms with E-state index in [-0.39, 0.29) is 5.41 Å². The van der Waals surface area contributed by atoms with E-state index in [9.17, 15) is 4.79 Å². The van der Waals surface area contributed by atoms with Crippen LogP contribution >= 0.6 is 11.8 Å². The van der Waals surface area contributed by atoms with Gasteiger partial charge in [0.1, 0.15) is 0 Å². The van der Waals surface area contributed by atoms with E-state index in [4.69, 9.17) is 0 Å². The highest BCUT2D eigenvalue weighted by atomic mass is 32.2. The van der Waals surface area contributed by atoms with E-state index < -0.39 is 0 Å². The molecule has 1 aliphatic rings. The highest BCUT2D eigenvalue weighted by Gasteiger charge is 2.35. The highest BCUT2D eigenvalue weighted by molar-refractivity contribution is 8.13. The molecule has 0 fully saturated rings. The maximum absolute atomic E-state index is 11.8. The molecular formula is C14H24OS. The van der Waals surface area contributed by atoms with Crippen LogP contribution < -0.4 is 0 Å². The topological polar surface area (TPSA) is 17.1 Å². The molecule has 0 heterocycles. The molecule has 0 aromatic heterocycles. The predicted molar refractivity (Wildman–Crippen MR) is 72.6 cm³/mol. The Balaban J connectivity index is 2.42. The number of hydrogen-bond acceptors (Lipinski definition) is 2. The van der Waals surface area contributed by atoms with Gasteiger partial charge < -0.3 is 0 Å². The number of carbonyl (C=O) groups is 1. The van der Waals surface area contributed by atoms with Crippen molar-refractivity contribution < 1.29 is 4.79 Å². The van der Waals surface area contributed by atoms with Gasteiger partial charge in [0, 0.05) is 12.2 Å². The lowest BCUT2D eigenvalue weighted by atomic mass is 9.76. The fourth-order valence-electron chi connectivity index (χ4n) is 2.06. The second-order valence-corrected chi connectivity index (χ2v) is 6.90. The van der Waals surface area contributed by atoms with E-state index in [1.54, 1.807) is 0 Å². The summed E-state index contributed by atoms with van der Waals surface area (Å²) < 4.78 is 0. The standard InChI is InChI=1S/C14H24OS/c1-10(2)9-16-13(15)8-12-7-6-11(3)14(12,4)5/h6,10,12H,7-9H2,1-5H3. The summed E-state index contributed by atoms with van der Waals surface area (Å²) in [7, 11) is 0. The maximum Gasteiger partial charge on any atom is 0.189 e. The summed E-state index contributed by atoms with van der Waals surface area (Å²) in [5.41, 5.74) is 1.66. The van der Waals surface area contributed by atoms with E-state index in [1.165, 1.54) is 17.3 Å². The maximum atomic E-state index is 11.8. The third-order valence-electron chi connectivity index (χ3n) is 3.74. The summed E-state index contributed by atoms with van der Waals surface area (Å²) in [6.07, 6.45) is 4.11. The number of hydrogen-bond donors (Lipinski definition) is 0. The van der Waals surface area contributed by atoms with Crippen LogP contribution in [0.4, 0.5) is 0 Å². The van der Waals surface area contributed by atoms with Crippen molar-refractivity contribution in [2.75, 3.05) is 5.75 Å². The largest absolute Gasteiger partial charge is 0.287 e. The number of thioether (sulfide) groups is 1. The van der Waals surface area contributed by atoms with E-state index >= 15 is 0 Å². The van der Waals surface area contributed by atoms with Crippen molar-refractivity contribution in [2.24, 2.45) is 17.3 Å². The van der Waals surface area contributed by atoms with Crippen LogP contribution in [0.3, 0.4) is 0 Å². The van der Waals surface area contributed by atoms with Crippen LogP contribution in [0.25, 0.3) is 0 Å². The summed E-state index contributed by atoms with van der Waals surface area (Å²) >= 11 is 1.51. The zero-order valence-electron chi connectivity index (χ0n) is 11.2. The lowest BCUT2D eigenvalue weighted by Gasteiger charge is -2.29. The Labute approximate surface area is 104 Å². The van der Waals surface area contributed by atoms with Crippen LogP contribution in [-0.4, -0.2) is 10.9 Å². The van der Waals surface area contributed by atoms with Crippen LogP contribution in [0.15, 0.2) is 11.6 Å². The first-order valence-electron chi connectivity index (χ1n) is 6.17. The molecule has 0 aliphatic heterocycles. The summed E-state index contributed by atoms with van der Waals surface area (Å²) in [6.45, 7) is 11.0. The first-order valence-corrected chi connectivity index (χ1v) is 7.15. The molecular weight excluding hydrogens is 216 g/mol. The van der Waals surface area contributed by atoms with Crippen LogP contribution in [0, 0.1) is 17.3 Å². The molecule has 0 aromatic rings. The highest BCUT2D eigenvalue weighted by Crippen LogP contribution is 2.45. The van der Waals surface area contributed by atoms with Crippen molar-refractivity contribution >= 4 is 16.9 Å². The van der Waals surface area contributed by atoms with E-state index in [0.29, 0.717) is 17.0 Å². The third kappa shape index (κ3) is 3.38. The fourth-order valence-corrected chi connectivity index (χ4v) is 2.90. The Morgan fingerprint density at radius 2 is 2.19 bits per heavy atom. The summed E-state index contributed by atoms with van der Waals surface area (Å²) in [5.74, 6) is 2.07. The van der Waals surface area contributed by atoms with Crippen LogP contribution in [0.5, 0.6) is 0 Å². The normalized spacial score (nSPS) is 23.6. The molecule has 0 radical (unpaired) electrons. The Kier molecular flexibility index (Phi) is 4.66. The molecule has 0 aromatic carbocycles. The molecule has 0 saturated carbocycles. The quantitative estimate of drug-likeness (QED) is 0.682. The molecule has 92 valence electrons. The Hall–Kier alpha value is -0.240. The molecule has 2 heteroatoms. The summed E-state index contributed by atoms with van der Waals surface area (Å²) in [4.78, 5) is 11.8. The fraction of sp³-hybridized carbons (Fsp3) is 0.786. The first kappa shape index (κ1) is 13.8. The molecule has 0 N–H and O–H groups in total. The Bertz CT molecular complexity index is 289. The van der Waals surface area contributed by atoms with Crippen molar-refractivity contribution in [1.82, 2.24) is 0 Å². The van der Waals surface area contributed by atoms with Gasteiger partial charge in [0.25, 0.3) is 0 Å². The SMILES string of the molecule is CC1=CCC(CC(=O)SCC(C)C)C1(C)C. The third-order valence-corrected chi connectivity index (χ3v) is 5.06. The van der Waals surface area contributed by atoms with Gasteiger partial charge in [0.05, 0.1) is 0 Å². The van der Waals surface area contributed by atoms with Gasteiger partial charge >= 0.3 is 0 Å². The van der Waals surface area contributed by atoms with E-state index in [2.05, 4.69) is 40.7 Å². The first-order chi connectivity index (χ1) is 7.34. The second-order valence-electron chi connectivity index (χ2n) is 5.82. The van der Waals surface area contributed by atoms with Gasteiger partial charge in [-0.1, -0.05) is 51.1 Å². The van der Waals surface area contributed by atoms with E-state index in [1.807, 2.05) is 0 Å². The number of carbonyl (C=O) groups excluding carboxylic acids is 1. The smallest absolute Gasteiger partial charge is 0.189 e. The van der Waals surface area contributed by atoms with Crippen molar-refractivity contribution in [2.45, 2.75) is 47.5 Å². The Morgan fingerprint density at radius 3 is 2.62 bits per heavy atom. The molecule has 0 spiro atoms. The zero-order chi connectivity index (χ0) is 12.3. The molecule has 0 amide bonds. The molecule has 1 nitrogen and oxygen atoms in total. The van der Waals surface area contributed by atoms with Gasteiger partial charge in [-0.25, -0.2) is 0 Å². The van der Waals surface area contributed by atoms with Crippen LogP contribution in [-0.2, 0) is 4.79 Å². The molecule has 1 rings (SSSR count). The Morgan fingerprint density at radius 1 is 1.56 bits per heavy atom. The van der Waals surface area contributed by atoms with Gasteiger partial charge in [0.15, 0.2) is 5.12 Å². The molecule has 0 bridgehead atoms.